The molecule has 7 nitrogen and oxygen atoms in total. The van der Waals surface area contributed by atoms with Gasteiger partial charge in [-0.2, -0.15) is 11.3 Å². The first-order chi connectivity index (χ1) is 11.5. The van der Waals surface area contributed by atoms with Crippen LogP contribution in [0, 0.1) is 0 Å². The Morgan fingerprint density at radius 1 is 1.33 bits per heavy atom. The first-order valence-corrected chi connectivity index (χ1v) is 9.07. The summed E-state index contributed by atoms with van der Waals surface area (Å²) >= 11 is 1.67. The topological polar surface area (TPSA) is 87.0 Å². The number of hydrogen-bond acceptors (Lipinski definition) is 5. The Hall–Kier alpha value is -1.93. The third-order valence-electron chi connectivity index (χ3n) is 4.92. The first-order valence-electron chi connectivity index (χ1n) is 8.13. The van der Waals surface area contributed by atoms with E-state index in [9.17, 15) is 14.4 Å². The van der Waals surface area contributed by atoms with Crippen LogP contribution in [0.15, 0.2) is 16.8 Å². The third-order valence-corrected chi connectivity index (χ3v) is 5.65. The van der Waals surface area contributed by atoms with Crippen LogP contribution < -0.4 is 5.73 Å². The predicted octanol–water partition coefficient (Wildman–Crippen LogP) is 0.852. The molecule has 1 aromatic rings. The number of rotatable bonds is 5. The van der Waals surface area contributed by atoms with Crippen LogP contribution >= 0.6 is 11.3 Å². The van der Waals surface area contributed by atoms with Crippen molar-refractivity contribution in [1.82, 2.24) is 14.7 Å². The predicted molar refractivity (Wildman–Crippen MR) is 90.2 cm³/mol. The van der Waals surface area contributed by atoms with E-state index in [1.165, 1.54) is 5.56 Å². The first kappa shape index (κ1) is 16.9. The standard InChI is InChI=1S/C16H22N4O3S/c1-2-20-15(23)19(10-13(17)21)14(22)16(20)4-6-18(7-5-16)9-12-3-8-24-11-12/h3,8,11H,2,4-7,9-10H2,1H3,(H2,17,21). The second kappa shape index (κ2) is 6.52. The lowest BCUT2D eigenvalue weighted by atomic mass is 9.85. The molecule has 0 saturated carbocycles. The van der Waals surface area contributed by atoms with Gasteiger partial charge in [0, 0.05) is 26.2 Å². The van der Waals surface area contributed by atoms with Crippen LogP contribution in [-0.2, 0) is 16.1 Å². The van der Waals surface area contributed by atoms with E-state index in [2.05, 4.69) is 21.7 Å². The van der Waals surface area contributed by atoms with Crippen LogP contribution in [0.3, 0.4) is 0 Å². The lowest BCUT2D eigenvalue weighted by molar-refractivity contribution is -0.137. The van der Waals surface area contributed by atoms with E-state index in [0.717, 1.165) is 24.5 Å². The zero-order chi connectivity index (χ0) is 17.3. The Kier molecular flexibility index (Phi) is 4.60. The van der Waals surface area contributed by atoms with Gasteiger partial charge in [-0.05, 0) is 42.2 Å². The fraction of sp³-hybridized carbons (Fsp3) is 0.562. The van der Waals surface area contributed by atoms with Crippen LogP contribution in [0.2, 0.25) is 0 Å². The summed E-state index contributed by atoms with van der Waals surface area (Å²) in [5.74, 6) is -0.942. The molecule has 3 rings (SSSR count). The molecule has 130 valence electrons. The number of likely N-dealkylation sites (tertiary alicyclic amines) is 1. The number of amides is 4. The molecular weight excluding hydrogens is 328 g/mol. The van der Waals surface area contributed by atoms with Gasteiger partial charge in [0.15, 0.2) is 0 Å². The van der Waals surface area contributed by atoms with Gasteiger partial charge in [-0.25, -0.2) is 4.79 Å². The van der Waals surface area contributed by atoms with E-state index < -0.39 is 17.5 Å². The minimum absolute atomic E-state index is 0.275. The summed E-state index contributed by atoms with van der Waals surface area (Å²) < 4.78 is 0. The highest BCUT2D eigenvalue weighted by molar-refractivity contribution is 7.07. The van der Waals surface area contributed by atoms with Crippen LogP contribution in [0.1, 0.15) is 25.3 Å². The van der Waals surface area contributed by atoms with Crippen LogP contribution in [0.5, 0.6) is 0 Å². The second-order valence-corrected chi connectivity index (χ2v) is 7.10. The summed E-state index contributed by atoms with van der Waals surface area (Å²) in [5.41, 5.74) is 5.65. The minimum Gasteiger partial charge on any atom is -0.368 e. The summed E-state index contributed by atoms with van der Waals surface area (Å²) in [7, 11) is 0. The van der Waals surface area contributed by atoms with Gasteiger partial charge in [0.05, 0.1) is 0 Å². The number of nitrogens with zero attached hydrogens (tertiary/aromatic N) is 3. The van der Waals surface area contributed by atoms with E-state index in [1.54, 1.807) is 16.2 Å². The molecule has 8 heteroatoms. The summed E-state index contributed by atoms with van der Waals surface area (Å²) in [6.07, 6.45) is 1.18. The maximum atomic E-state index is 12.9. The molecule has 1 aromatic heterocycles. The molecule has 0 aliphatic carbocycles. The fourth-order valence-electron chi connectivity index (χ4n) is 3.72. The summed E-state index contributed by atoms with van der Waals surface area (Å²) in [6, 6.07) is 1.71. The molecule has 2 saturated heterocycles. The number of imide groups is 1. The van der Waals surface area contributed by atoms with E-state index in [1.807, 2.05) is 6.92 Å². The highest BCUT2D eigenvalue weighted by Crippen LogP contribution is 2.37. The molecule has 2 aliphatic rings. The number of hydrogen-bond donors (Lipinski definition) is 1. The molecule has 0 unspecified atom stereocenters. The molecule has 1 spiro atoms. The summed E-state index contributed by atoms with van der Waals surface area (Å²) in [6.45, 7) is 4.32. The number of carbonyl (C=O) groups is 3. The quantitative estimate of drug-likeness (QED) is 0.798. The highest BCUT2D eigenvalue weighted by atomic mass is 32.1. The molecular formula is C16H22N4O3S. The van der Waals surface area contributed by atoms with Gasteiger partial charge < -0.3 is 10.6 Å². The molecule has 3 heterocycles. The second-order valence-electron chi connectivity index (χ2n) is 6.32. The molecule has 2 N–H and O–H groups in total. The Morgan fingerprint density at radius 2 is 2.04 bits per heavy atom. The molecule has 2 fully saturated rings. The SMILES string of the molecule is CCN1C(=O)N(CC(N)=O)C(=O)C12CCN(Cc1ccsc1)CC2. The van der Waals surface area contributed by atoms with Gasteiger partial charge >= 0.3 is 6.03 Å². The van der Waals surface area contributed by atoms with Gasteiger partial charge in [-0.3, -0.25) is 19.4 Å². The summed E-state index contributed by atoms with van der Waals surface area (Å²) in [4.78, 5) is 41.5. The monoisotopic (exact) mass is 350 g/mol. The van der Waals surface area contributed by atoms with Gasteiger partial charge in [-0.15, -0.1) is 0 Å². The van der Waals surface area contributed by atoms with Crippen molar-refractivity contribution < 1.29 is 14.4 Å². The number of carbonyl (C=O) groups excluding carboxylic acids is 3. The molecule has 0 bridgehead atoms. The average molecular weight is 350 g/mol. The molecule has 0 aromatic carbocycles. The van der Waals surface area contributed by atoms with Crippen molar-refractivity contribution in [2.45, 2.75) is 31.8 Å². The molecule has 0 atom stereocenters. The van der Waals surface area contributed by atoms with Crippen molar-refractivity contribution in [2.75, 3.05) is 26.2 Å². The molecule has 24 heavy (non-hydrogen) atoms. The van der Waals surface area contributed by atoms with Crippen molar-refractivity contribution in [3.05, 3.63) is 22.4 Å². The van der Waals surface area contributed by atoms with Gasteiger partial charge in [0.25, 0.3) is 5.91 Å². The van der Waals surface area contributed by atoms with E-state index in [0.29, 0.717) is 19.4 Å². The fourth-order valence-corrected chi connectivity index (χ4v) is 4.38. The minimum atomic E-state index is -0.813. The van der Waals surface area contributed by atoms with Gasteiger partial charge in [0.2, 0.25) is 5.91 Å². The average Bonchev–Trinajstić information content (AvgIpc) is 3.12. The molecule has 4 amide bonds. The Labute approximate surface area is 145 Å². The third kappa shape index (κ3) is 2.80. The van der Waals surface area contributed by atoms with Gasteiger partial charge in [-0.1, -0.05) is 0 Å². The smallest absolute Gasteiger partial charge is 0.328 e. The van der Waals surface area contributed by atoms with E-state index in [-0.39, 0.29) is 12.5 Å². The number of primary amides is 1. The molecule has 2 aliphatic heterocycles. The number of thiophene rings is 1. The highest BCUT2D eigenvalue weighted by Gasteiger charge is 2.57. The maximum absolute atomic E-state index is 12.9. The number of nitrogens with two attached hydrogens (primary N) is 1. The van der Waals surface area contributed by atoms with Crippen molar-refractivity contribution >= 4 is 29.2 Å². The Morgan fingerprint density at radius 3 is 2.58 bits per heavy atom. The largest absolute Gasteiger partial charge is 0.368 e. The zero-order valence-electron chi connectivity index (χ0n) is 13.7. The summed E-state index contributed by atoms with van der Waals surface area (Å²) in [5, 5.41) is 4.18. The normalized spacial score (nSPS) is 21.0. The van der Waals surface area contributed by atoms with Crippen molar-refractivity contribution in [3.63, 3.8) is 0 Å². The molecule has 0 radical (unpaired) electrons. The van der Waals surface area contributed by atoms with Crippen LogP contribution in [-0.4, -0.2) is 64.3 Å². The Bertz CT molecular complexity index is 638. The van der Waals surface area contributed by atoms with Crippen molar-refractivity contribution in [2.24, 2.45) is 5.73 Å². The number of piperidine rings is 1. The maximum Gasteiger partial charge on any atom is 0.328 e. The number of likely N-dealkylation sites (N-methyl/N-ethyl adjacent to an activating group) is 1. The van der Waals surface area contributed by atoms with Crippen LogP contribution in [0.4, 0.5) is 4.79 Å². The number of urea groups is 1. The Balaban J connectivity index is 1.73. The lowest BCUT2D eigenvalue weighted by Crippen LogP contribution is -2.56. The lowest BCUT2D eigenvalue weighted by Gasteiger charge is -2.41. The van der Waals surface area contributed by atoms with E-state index >= 15 is 0 Å². The van der Waals surface area contributed by atoms with Crippen LogP contribution in [0.25, 0.3) is 0 Å². The van der Waals surface area contributed by atoms with Crippen molar-refractivity contribution in [3.8, 4) is 0 Å². The van der Waals surface area contributed by atoms with Crippen molar-refractivity contribution in [1.29, 1.82) is 0 Å². The van der Waals surface area contributed by atoms with Gasteiger partial charge in [0.1, 0.15) is 12.1 Å². The van der Waals surface area contributed by atoms with E-state index in [4.69, 9.17) is 5.73 Å². The zero-order valence-corrected chi connectivity index (χ0v) is 14.6.